The zero-order valence-corrected chi connectivity index (χ0v) is 14.4. The third kappa shape index (κ3) is 2.86. The van der Waals surface area contributed by atoms with Gasteiger partial charge < -0.3 is 15.1 Å². The van der Waals surface area contributed by atoms with Crippen molar-refractivity contribution >= 4 is 17.5 Å². The van der Waals surface area contributed by atoms with E-state index >= 15 is 0 Å². The SMILES string of the molecule is CNC(=O)CN1c2ccccc2C(=O)N(C)C1c1ccc(C#N)cc1F. The number of anilines is 1. The maximum Gasteiger partial charge on any atom is 0.257 e. The molecule has 1 atom stereocenters. The number of nitrogens with one attached hydrogen (secondary N) is 1. The van der Waals surface area contributed by atoms with E-state index in [1.54, 1.807) is 36.2 Å². The molecular formula is C19H17FN4O2. The quantitative estimate of drug-likeness (QED) is 0.917. The van der Waals surface area contributed by atoms with Gasteiger partial charge in [0.15, 0.2) is 0 Å². The minimum Gasteiger partial charge on any atom is -0.358 e. The average Bonchev–Trinajstić information content (AvgIpc) is 2.66. The minimum absolute atomic E-state index is 0.0464. The van der Waals surface area contributed by atoms with Crippen molar-refractivity contribution in [2.75, 3.05) is 25.5 Å². The van der Waals surface area contributed by atoms with E-state index in [1.807, 2.05) is 6.07 Å². The lowest BCUT2D eigenvalue weighted by atomic mass is 10.00. The van der Waals surface area contributed by atoms with Gasteiger partial charge in [-0.05, 0) is 24.3 Å². The van der Waals surface area contributed by atoms with Gasteiger partial charge in [0, 0.05) is 19.7 Å². The molecule has 1 N–H and O–H groups in total. The number of rotatable bonds is 3. The van der Waals surface area contributed by atoms with E-state index in [-0.39, 0.29) is 29.5 Å². The van der Waals surface area contributed by atoms with Crippen molar-refractivity contribution in [1.82, 2.24) is 10.2 Å². The molecule has 1 heterocycles. The van der Waals surface area contributed by atoms with Gasteiger partial charge >= 0.3 is 0 Å². The predicted octanol–water partition coefficient (Wildman–Crippen LogP) is 2.03. The van der Waals surface area contributed by atoms with E-state index in [2.05, 4.69) is 5.32 Å². The van der Waals surface area contributed by atoms with Crippen LogP contribution in [0.3, 0.4) is 0 Å². The molecule has 0 saturated carbocycles. The number of halogens is 1. The molecule has 1 unspecified atom stereocenters. The predicted molar refractivity (Wildman–Crippen MR) is 93.8 cm³/mol. The number of carbonyl (C=O) groups excluding carboxylic acids is 2. The van der Waals surface area contributed by atoms with Crippen LogP contribution in [0.25, 0.3) is 0 Å². The number of para-hydroxylation sites is 1. The van der Waals surface area contributed by atoms with Crippen LogP contribution in [0, 0.1) is 17.1 Å². The Labute approximate surface area is 150 Å². The monoisotopic (exact) mass is 352 g/mol. The van der Waals surface area contributed by atoms with Crippen molar-refractivity contribution in [3.8, 4) is 6.07 Å². The van der Waals surface area contributed by atoms with Gasteiger partial charge in [0.1, 0.15) is 12.0 Å². The highest BCUT2D eigenvalue weighted by Crippen LogP contribution is 2.38. The van der Waals surface area contributed by atoms with Crippen molar-refractivity contribution < 1.29 is 14.0 Å². The minimum atomic E-state index is -0.803. The van der Waals surface area contributed by atoms with Crippen LogP contribution < -0.4 is 10.2 Å². The third-order valence-corrected chi connectivity index (χ3v) is 4.43. The molecule has 2 aromatic rings. The first-order valence-electron chi connectivity index (χ1n) is 8.01. The summed E-state index contributed by atoms with van der Waals surface area (Å²) in [5.74, 6) is -1.13. The number of benzene rings is 2. The summed E-state index contributed by atoms with van der Waals surface area (Å²) in [5.41, 5.74) is 1.42. The lowest BCUT2D eigenvalue weighted by molar-refractivity contribution is -0.119. The van der Waals surface area contributed by atoms with Gasteiger partial charge in [0.25, 0.3) is 5.91 Å². The molecular weight excluding hydrogens is 335 g/mol. The number of carbonyl (C=O) groups is 2. The summed E-state index contributed by atoms with van der Waals surface area (Å²) in [6, 6.07) is 12.9. The Bertz CT molecular complexity index is 922. The molecule has 2 amide bonds. The van der Waals surface area contributed by atoms with Crippen molar-refractivity contribution in [3.63, 3.8) is 0 Å². The van der Waals surface area contributed by atoms with Crippen LogP contribution in [0.1, 0.15) is 27.7 Å². The highest BCUT2D eigenvalue weighted by Gasteiger charge is 2.38. The number of nitriles is 1. The van der Waals surface area contributed by atoms with Crippen LogP contribution in [0.5, 0.6) is 0 Å². The summed E-state index contributed by atoms with van der Waals surface area (Å²) >= 11 is 0. The number of hydrogen-bond donors (Lipinski definition) is 1. The smallest absolute Gasteiger partial charge is 0.257 e. The number of hydrogen-bond acceptors (Lipinski definition) is 4. The van der Waals surface area contributed by atoms with Gasteiger partial charge in [-0.2, -0.15) is 5.26 Å². The Morgan fingerprint density at radius 1 is 1.31 bits per heavy atom. The molecule has 1 aliphatic heterocycles. The van der Waals surface area contributed by atoms with Gasteiger partial charge in [-0.25, -0.2) is 4.39 Å². The average molecular weight is 352 g/mol. The fourth-order valence-electron chi connectivity index (χ4n) is 3.13. The van der Waals surface area contributed by atoms with Crippen LogP contribution in [0.15, 0.2) is 42.5 Å². The molecule has 3 rings (SSSR count). The number of fused-ring (bicyclic) bond motifs is 1. The molecule has 1 aliphatic rings. The van der Waals surface area contributed by atoms with E-state index in [0.29, 0.717) is 11.3 Å². The molecule has 0 aliphatic carbocycles. The Kier molecular flexibility index (Phi) is 4.59. The van der Waals surface area contributed by atoms with E-state index in [1.165, 1.54) is 24.1 Å². The Hall–Kier alpha value is -3.40. The van der Waals surface area contributed by atoms with Gasteiger partial charge in [0.05, 0.1) is 29.4 Å². The molecule has 26 heavy (non-hydrogen) atoms. The lowest BCUT2D eigenvalue weighted by Crippen LogP contribution is -2.50. The molecule has 7 heteroatoms. The molecule has 0 aromatic heterocycles. The van der Waals surface area contributed by atoms with E-state index < -0.39 is 12.0 Å². The van der Waals surface area contributed by atoms with Gasteiger partial charge in [-0.15, -0.1) is 0 Å². The highest BCUT2D eigenvalue weighted by molar-refractivity contribution is 6.02. The largest absolute Gasteiger partial charge is 0.358 e. The molecule has 0 bridgehead atoms. The van der Waals surface area contributed by atoms with Crippen molar-refractivity contribution in [1.29, 1.82) is 5.26 Å². The second kappa shape index (κ2) is 6.84. The standard InChI is InChI=1S/C19H17FN4O2/c1-22-17(25)11-24-16-6-4-3-5-14(16)19(26)23(2)18(24)13-8-7-12(10-21)9-15(13)20/h3-9,18H,11H2,1-2H3,(H,22,25). The molecule has 0 spiro atoms. The van der Waals surface area contributed by atoms with Crippen LogP contribution in [-0.4, -0.2) is 37.4 Å². The summed E-state index contributed by atoms with van der Waals surface area (Å²) in [4.78, 5) is 27.9. The Morgan fingerprint density at radius 3 is 2.69 bits per heavy atom. The van der Waals surface area contributed by atoms with Crippen molar-refractivity contribution in [2.24, 2.45) is 0 Å². The molecule has 0 saturated heterocycles. The van der Waals surface area contributed by atoms with E-state index in [9.17, 15) is 14.0 Å². The second-order valence-electron chi connectivity index (χ2n) is 5.96. The van der Waals surface area contributed by atoms with Gasteiger partial charge in [-0.1, -0.05) is 18.2 Å². The topological polar surface area (TPSA) is 76.4 Å². The maximum atomic E-state index is 14.7. The highest BCUT2D eigenvalue weighted by atomic mass is 19.1. The molecule has 6 nitrogen and oxygen atoms in total. The van der Waals surface area contributed by atoms with Crippen LogP contribution in [0.2, 0.25) is 0 Å². The number of amides is 2. The summed E-state index contributed by atoms with van der Waals surface area (Å²) < 4.78 is 14.7. The van der Waals surface area contributed by atoms with Gasteiger partial charge in [0.2, 0.25) is 5.91 Å². The van der Waals surface area contributed by atoms with Crippen LogP contribution in [-0.2, 0) is 4.79 Å². The number of nitrogens with zero attached hydrogens (tertiary/aromatic N) is 3. The van der Waals surface area contributed by atoms with Crippen LogP contribution in [0.4, 0.5) is 10.1 Å². The zero-order valence-electron chi connectivity index (χ0n) is 14.4. The fraction of sp³-hybridized carbons (Fsp3) is 0.211. The first-order chi connectivity index (χ1) is 12.5. The summed E-state index contributed by atoms with van der Waals surface area (Å²) in [6.07, 6.45) is -0.803. The fourth-order valence-corrected chi connectivity index (χ4v) is 3.13. The Morgan fingerprint density at radius 2 is 2.04 bits per heavy atom. The van der Waals surface area contributed by atoms with Crippen LogP contribution >= 0.6 is 0 Å². The molecule has 0 fully saturated rings. The molecule has 0 radical (unpaired) electrons. The summed E-state index contributed by atoms with van der Waals surface area (Å²) in [6.45, 7) is -0.0464. The summed E-state index contributed by atoms with van der Waals surface area (Å²) in [7, 11) is 3.09. The van der Waals surface area contributed by atoms with E-state index in [0.717, 1.165) is 6.07 Å². The van der Waals surface area contributed by atoms with Gasteiger partial charge in [-0.3, -0.25) is 9.59 Å². The lowest BCUT2D eigenvalue weighted by Gasteiger charge is -2.44. The maximum absolute atomic E-state index is 14.7. The first-order valence-corrected chi connectivity index (χ1v) is 8.01. The molecule has 2 aromatic carbocycles. The van der Waals surface area contributed by atoms with Crippen molar-refractivity contribution in [3.05, 3.63) is 65.0 Å². The second-order valence-corrected chi connectivity index (χ2v) is 5.96. The number of likely N-dealkylation sites (N-methyl/N-ethyl adjacent to an activating group) is 1. The van der Waals surface area contributed by atoms with E-state index in [4.69, 9.17) is 5.26 Å². The van der Waals surface area contributed by atoms with Crippen molar-refractivity contribution in [2.45, 2.75) is 6.17 Å². The summed E-state index contributed by atoms with van der Waals surface area (Å²) in [5, 5.41) is 11.5. The third-order valence-electron chi connectivity index (χ3n) is 4.43. The molecule has 132 valence electrons. The normalized spacial score (nSPS) is 16.1. The zero-order chi connectivity index (χ0) is 18.8. The first kappa shape index (κ1) is 17.4. The Balaban J connectivity index is 2.16.